The first kappa shape index (κ1) is 18.9. The van der Waals surface area contributed by atoms with E-state index in [1.54, 1.807) is 4.90 Å². The van der Waals surface area contributed by atoms with Crippen molar-refractivity contribution < 1.29 is 13.7 Å². The maximum Gasteiger partial charge on any atom is 0.410 e. The highest BCUT2D eigenvalue weighted by Gasteiger charge is 2.49. The van der Waals surface area contributed by atoms with Gasteiger partial charge in [-0.25, -0.2) is 13.7 Å². The molecule has 0 aliphatic carbocycles. The fraction of sp³-hybridized carbons (Fsp3) is 0.611. The first-order valence-corrected chi connectivity index (χ1v) is 9.31. The lowest BCUT2D eigenvalue weighted by atomic mass is 9.84. The van der Waals surface area contributed by atoms with Gasteiger partial charge in [-0.1, -0.05) is 30.3 Å². The van der Waals surface area contributed by atoms with Crippen LogP contribution in [0.3, 0.4) is 0 Å². The van der Waals surface area contributed by atoms with Gasteiger partial charge in [-0.05, 0) is 47.1 Å². The van der Waals surface area contributed by atoms with Crippen LogP contribution < -0.4 is 4.72 Å². The highest BCUT2D eigenvalue weighted by Crippen LogP contribution is 2.34. The van der Waals surface area contributed by atoms with Crippen LogP contribution in [0.2, 0.25) is 0 Å². The van der Waals surface area contributed by atoms with Crippen LogP contribution in [-0.2, 0) is 21.3 Å². The Kier molecular flexibility index (Phi) is 5.11. The van der Waals surface area contributed by atoms with Crippen molar-refractivity contribution in [2.24, 2.45) is 0 Å². The van der Waals surface area contributed by atoms with Crippen LogP contribution in [-0.4, -0.2) is 38.6 Å². The predicted octanol–water partition coefficient (Wildman–Crippen LogP) is 3.18. The number of carbonyl (C=O) groups excluding carboxylic acids is 1. The van der Waals surface area contributed by atoms with E-state index in [1.807, 2.05) is 71.9 Å². The minimum atomic E-state index is -1.23. The van der Waals surface area contributed by atoms with E-state index in [1.165, 1.54) is 0 Å². The van der Waals surface area contributed by atoms with Crippen molar-refractivity contribution in [2.45, 2.75) is 57.4 Å². The zero-order chi connectivity index (χ0) is 18.2. The summed E-state index contributed by atoms with van der Waals surface area (Å²) in [5.41, 5.74) is 0.00227. The molecule has 134 valence electrons. The van der Waals surface area contributed by atoms with Crippen molar-refractivity contribution in [3.8, 4) is 0 Å². The topological polar surface area (TPSA) is 58.6 Å². The molecule has 24 heavy (non-hydrogen) atoms. The summed E-state index contributed by atoms with van der Waals surface area (Å²) in [5, 5.41) is 0. The zero-order valence-corrected chi connectivity index (χ0v) is 16.2. The molecule has 6 heteroatoms. The lowest BCUT2D eigenvalue weighted by molar-refractivity contribution is -0.0123. The molecule has 1 aliphatic rings. The Morgan fingerprint density at radius 2 is 1.67 bits per heavy atom. The Labute approximate surface area is 147 Å². The summed E-state index contributed by atoms with van der Waals surface area (Å²) in [6.45, 7) is 12.2. The van der Waals surface area contributed by atoms with E-state index in [9.17, 15) is 9.00 Å². The van der Waals surface area contributed by atoms with E-state index in [0.717, 1.165) is 5.56 Å². The van der Waals surface area contributed by atoms with E-state index in [0.29, 0.717) is 13.1 Å². The number of likely N-dealkylation sites (tertiary alicyclic amines) is 1. The minimum Gasteiger partial charge on any atom is -0.444 e. The largest absolute Gasteiger partial charge is 0.444 e. The van der Waals surface area contributed by atoms with Crippen molar-refractivity contribution in [1.29, 1.82) is 0 Å². The monoisotopic (exact) mass is 352 g/mol. The molecule has 1 atom stereocenters. The Balaban J connectivity index is 2.17. The van der Waals surface area contributed by atoms with Crippen LogP contribution in [0.5, 0.6) is 0 Å². The zero-order valence-electron chi connectivity index (χ0n) is 15.4. The summed E-state index contributed by atoms with van der Waals surface area (Å²) in [6.07, 6.45) is -0.336. The number of benzene rings is 1. The van der Waals surface area contributed by atoms with E-state index in [-0.39, 0.29) is 10.8 Å². The van der Waals surface area contributed by atoms with Gasteiger partial charge in [0, 0.05) is 13.1 Å². The van der Waals surface area contributed by atoms with Crippen LogP contribution in [0.15, 0.2) is 30.3 Å². The van der Waals surface area contributed by atoms with Gasteiger partial charge in [0.15, 0.2) is 0 Å². The lowest BCUT2D eigenvalue weighted by Gasteiger charge is -2.50. The summed E-state index contributed by atoms with van der Waals surface area (Å²) in [5.74, 6) is 0. The number of nitrogens with zero attached hydrogens (tertiary/aromatic N) is 1. The molecule has 1 unspecified atom stereocenters. The molecule has 1 fully saturated rings. The average Bonchev–Trinajstić information content (AvgIpc) is 2.39. The molecule has 0 radical (unpaired) electrons. The maximum atomic E-state index is 12.6. The number of hydrogen-bond donors (Lipinski definition) is 1. The average molecular weight is 353 g/mol. The standard InChI is InChI=1S/C18H28N2O3S/c1-16(2,3)23-15(21)20-12-18(13-20,14-10-8-7-9-11-14)19-24(22)17(4,5)6/h7-11,19H,12-13H2,1-6H3. The fourth-order valence-corrected chi connectivity index (χ4v) is 3.36. The van der Waals surface area contributed by atoms with E-state index in [2.05, 4.69) is 4.72 Å². The lowest BCUT2D eigenvalue weighted by Crippen LogP contribution is -2.69. The fourth-order valence-electron chi connectivity index (χ4n) is 2.45. The van der Waals surface area contributed by atoms with Crippen molar-refractivity contribution >= 4 is 17.1 Å². The molecule has 0 spiro atoms. The summed E-state index contributed by atoms with van der Waals surface area (Å²) in [7, 11) is -1.23. The normalized spacial score (nSPS) is 18.7. The number of hydrogen-bond acceptors (Lipinski definition) is 3. The number of amides is 1. The molecule has 1 saturated heterocycles. The quantitative estimate of drug-likeness (QED) is 0.909. The van der Waals surface area contributed by atoms with Gasteiger partial charge in [0.1, 0.15) is 5.60 Å². The molecule has 1 aliphatic heterocycles. The number of carbonyl (C=O) groups is 1. The molecule has 1 N–H and O–H groups in total. The Morgan fingerprint density at radius 1 is 1.12 bits per heavy atom. The molecule has 0 aromatic heterocycles. The Bertz CT molecular complexity index is 611. The van der Waals surface area contributed by atoms with E-state index >= 15 is 0 Å². The molecule has 1 aromatic rings. The highest BCUT2D eigenvalue weighted by molar-refractivity contribution is 7.84. The molecule has 2 rings (SSSR count). The molecular weight excluding hydrogens is 324 g/mol. The van der Waals surface area contributed by atoms with Crippen LogP contribution >= 0.6 is 0 Å². The third kappa shape index (κ3) is 4.36. The van der Waals surface area contributed by atoms with Crippen LogP contribution in [0, 0.1) is 0 Å². The van der Waals surface area contributed by atoms with Gasteiger partial charge in [0.25, 0.3) is 0 Å². The summed E-state index contributed by atoms with van der Waals surface area (Å²) < 4.78 is 20.9. The Morgan fingerprint density at radius 3 is 2.12 bits per heavy atom. The molecule has 0 bridgehead atoms. The third-order valence-corrected chi connectivity index (χ3v) is 5.43. The van der Waals surface area contributed by atoms with Crippen LogP contribution in [0.25, 0.3) is 0 Å². The second kappa shape index (κ2) is 6.48. The number of rotatable bonds is 3. The van der Waals surface area contributed by atoms with Crippen LogP contribution in [0.4, 0.5) is 4.79 Å². The minimum absolute atomic E-state index is 0.336. The van der Waals surface area contributed by atoms with Crippen molar-refractivity contribution in [3.63, 3.8) is 0 Å². The van der Waals surface area contributed by atoms with Gasteiger partial charge in [-0.2, -0.15) is 0 Å². The van der Waals surface area contributed by atoms with Gasteiger partial charge in [0.2, 0.25) is 0 Å². The van der Waals surface area contributed by atoms with Gasteiger partial charge >= 0.3 is 6.09 Å². The van der Waals surface area contributed by atoms with Crippen molar-refractivity contribution in [2.75, 3.05) is 13.1 Å². The maximum absolute atomic E-state index is 12.6. The first-order chi connectivity index (χ1) is 10.9. The summed E-state index contributed by atoms with van der Waals surface area (Å²) in [6, 6.07) is 9.85. The second-order valence-corrected chi connectivity index (χ2v) is 10.2. The molecule has 1 heterocycles. The summed E-state index contributed by atoms with van der Waals surface area (Å²) >= 11 is 0. The van der Waals surface area contributed by atoms with Gasteiger partial charge in [-0.15, -0.1) is 0 Å². The second-order valence-electron chi connectivity index (χ2n) is 8.27. The number of ether oxygens (including phenoxy) is 1. The Hall–Kier alpha value is -1.40. The van der Waals surface area contributed by atoms with Crippen LogP contribution in [0.1, 0.15) is 47.1 Å². The van der Waals surface area contributed by atoms with E-state index in [4.69, 9.17) is 4.74 Å². The van der Waals surface area contributed by atoms with E-state index < -0.39 is 22.1 Å². The van der Waals surface area contributed by atoms with Crippen molar-refractivity contribution in [3.05, 3.63) is 35.9 Å². The molecule has 5 nitrogen and oxygen atoms in total. The highest BCUT2D eigenvalue weighted by atomic mass is 32.2. The molecule has 0 saturated carbocycles. The first-order valence-electron chi connectivity index (χ1n) is 8.16. The molecule has 1 aromatic carbocycles. The van der Waals surface area contributed by atoms with Crippen molar-refractivity contribution in [1.82, 2.24) is 9.62 Å². The third-order valence-electron chi connectivity index (χ3n) is 3.74. The smallest absolute Gasteiger partial charge is 0.410 e. The van der Waals surface area contributed by atoms with Gasteiger partial charge in [-0.3, -0.25) is 0 Å². The number of nitrogens with one attached hydrogen (secondary N) is 1. The van der Waals surface area contributed by atoms with Gasteiger partial charge in [0.05, 0.1) is 21.3 Å². The SMILES string of the molecule is CC(C)(C)OC(=O)N1CC(NS(=O)C(C)(C)C)(c2ccccc2)C1. The molecular formula is C18H28N2O3S. The molecule has 1 amide bonds. The predicted molar refractivity (Wildman–Crippen MR) is 97.0 cm³/mol. The van der Waals surface area contributed by atoms with Gasteiger partial charge < -0.3 is 9.64 Å². The summed E-state index contributed by atoms with van der Waals surface area (Å²) in [4.78, 5) is 13.9.